The lowest BCUT2D eigenvalue weighted by Crippen LogP contribution is -2.66. The molecule has 10 nitrogen and oxygen atoms in total. The Morgan fingerprint density at radius 2 is 1.80 bits per heavy atom. The fourth-order valence-corrected chi connectivity index (χ4v) is 9.26. The quantitative estimate of drug-likeness (QED) is 0.164. The van der Waals surface area contributed by atoms with Gasteiger partial charge in [0.15, 0.2) is 23.2 Å². The van der Waals surface area contributed by atoms with Gasteiger partial charge in [0.25, 0.3) is 0 Å². The number of carbonyl (C=O) groups excluding carboxylic acids is 3. The highest BCUT2D eigenvalue weighted by atomic mass is 16.6. The van der Waals surface area contributed by atoms with Crippen molar-refractivity contribution in [2.75, 3.05) is 6.61 Å². The van der Waals surface area contributed by atoms with Crippen LogP contribution in [0.15, 0.2) is 27.8 Å². The molecule has 5 rings (SSSR count). The Morgan fingerprint density at radius 3 is 2.43 bits per heavy atom. The molecule has 1 aromatic heterocycles. The number of esters is 2. The van der Waals surface area contributed by atoms with Crippen LogP contribution in [0, 0.1) is 28.6 Å². The van der Waals surface area contributed by atoms with Gasteiger partial charge in [0.2, 0.25) is 0 Å². The molecule has 0 amide bonds. The van der Waals surface area contributed by atoms with E-state index in [9.17, 15) is 29.7 Å². The van der Waals surface area contributed by atoms with E-state index in [1.165, 1.54) is 0 Å². The van der Waals surface area contributed by atoms with Crippen LogP contribution in [0.25, 0.3) is 0 Å². The SMILES string of the molecule is CCCCCCCC(=O)O[C@@]12CC(C)C34C=C(C)[C@H](OC(=O)c5c(CC)noc5CC)[C@@]3(O)[C@H](O)C(CO)=C[C@H](C4=O)[C@@H]1C2(C)C. The highest BCUT2D eigenvalue weighted by Gasteiger charge is 2.83. The molecular formula is C36H51NO9. The fourth-order valence-electron chi connectivity index (χ4n) is 9.26. The summed E-state index contributed by atoms with van der Waals surface area (Å²) in [5.41, 5.74) is -4.53. The number of aryl methyl sites for hydroxylation is 2. The van der Waals surface area contributed by atoms with Crippen molar-refractivity contribution >= 4 is 17.7 Å². The molecule has 1 aromatic rings. The van der Waals surface area contributed by atoms with E-state index in [1.54, 1.807) is 19.1 Å². The van der Waals surface area contributed by atoms with E-state index in [1.807, 2.05) is 34.6 Å². The number of nitrogens with zero attached hydrogens (tertiary/aromatic N) is 1. The third-order valence-electron chi connectivity index (χ3n) is 11.7. The normalized spacial score (nSPS) is 35.7. The molecule has 0 aliphatic heterocycles. The molecular weight excluding hydrogens is 590 g/mol. The predicted molar refractivity (Wildman–Crippen MR) is 169 cm³/mol. The summed E-state index contributed by atoms with van der Waals surface area (Å²) in [6.07, 6.45) is 6.37. The van der Waals surface area contributed by atoms with Gasteiger partial charge in [-0.05, 0) is 43.3 Å². The van der Waals surface area contributed by atoms with Crippen LogP contribution in [0.2, 0.25) is 0 Å². The van der Waals surface area contributed by atoms with E-state index in [2.05, 4.69) is 12.1 Å². The first-order chi connectivity index (χ1) is 21.7. The van der Waals surface area contributed by atoms with Crippen LogP contribution < -0.4 is 0 Å². The van der Waals surface area contributed by atoms with Gasteiger partial charge in [0, 0.05) is 30.1 Å². The molecule has 1 heterocycles. The first-order valence-corrected chi connectivity index (χ1v) is 17.1. The molecule has 2 saturated carbocycles. The molecule has 1 spiro atoms. The predicted octanol–water partition coefficient (Wildman–Crippen LogP) is 4.82. The number of allylic oxidation sites excluding steroid dienone is 1. The Bertz CT molecular complexity index is 1420. The molecule has 0 radical (unpaired) electrons. The number of ketones is 1. The minimum absolute atomic E-state index is 0.0632. The lowest BCUT2D eigenvalue weighted by atomic mass is 9.59. The van der Waals surface area contributed by atoms with Crippen LogP contribution in [0.4, 0.5) is 0 Å². The summed E-state index contributed by atoms with van der Waals surface area (Å²) in [5.74, 6) is -3.01. The number of aromatic nitrogens is 1. The van der Waals surface area contributed by atoms with Gasteiger partial charge in [0.1, 0.15) is 17.3 Å². The summed E-state index contributed by atoms with van der Waals surface area (Å²) >= 11 is 0. The van der Waals surface area contributed by atoms with Gasteiger partial charge in [-0.25, -0.2) is 4.79 Å². The minimum Gasteiger partial charge on any atom is -0.458 e. The van der Waals surface area contributed by atoms with E-state index >= 15 is 0 Å². The average Bonchev–Trinajstić information content (AvgIpc) is 3.27. The molecule has 0 saturated heterocycles. The van der Waals surface area contributed by atoms with E-state index in [4.69, 9.17) is 14.0 Å². The number of hydrogen-bond donors (Lipinski definition) is 3. The highest BCUT2D eigenvalue weighted by molar-refractivity contribution is 5.97. The largest absolute Gasteiger partial charge is 0.458 e. The number of unbranched alkanes of at least 4 members (excludes halogenated alkanes) is 4. The summed E-state index contributed by atoms with van der Waals surface area (Å²) < 4.78 is 17.8. The molecule has 10 heteroatoms. The van der Waals surface area contributed by atoms with Gasteiger partial charge in [-0.15, -0.1) is 0 Å². The summed E-state index contributed by atoms with van der Waals surface area (Å²) in [5, 5.41) is 39.3. The fraction of sp³-hybridized carbons (Fsp3) is 0.722. The number of aliphatic hydroxyl groups is 3. The Hall–Kier alpha value is -2.82. The number of fused-ring (bicyclic) bond motifs is 3. The topological polar surface area (TPSA) is 156 Å². The van der Waals surface area contributed by atoms with Crippen molar-refractivity contribution in [3.63, 3.8) is 0 Å². The molecule has 3 N–H and O–H groups in total. The molecule has 8 atom stereocenters. The first-order valence-electron chi connectivity index (χ1n) is 17.1. The molecule has 2 bridgehead atoms. The zero-order chi connectivity index (χ0) is 33.8. The second kappa shape index (κ2) is 12.3. The molecule has 46 heavy (non-hydrogen) atoms. The van der Waals surface area contributed by atoms with Crippen molar-refractivity contribution in [3.05, 3.63) is 40.3 Å². The number of Topliss-reactive ketones (excluding diaryl/α,β-unsaturated/α-hetero) is 1. The van der Waals surface area contributed by atoms with Crippen LogP contribution in [0.1, 0.15) is 115 Å². The van der Waals surface area contributed by atoms with Crippen molar-refractivity contribution in [3.8, 4) is 0 Å². The maximum atomic E-state index is 15.0. The number of carbonyl (C=O) groups is 3. The molecule has 0 aromatic carbocycles. The maximum Gasteiger partial charge on any atom is 0.344 e. The third kappa shape index (κ3) is 4.76. The van der Waals surface area contributed by atoms with Crippen LogP contribution in [-0.4, -0.2) is 68.2 Å². The zero-order valence-electron chi connectivity index (χ0n) is 28.4. The van der Waals surface area contributed by atoms with Crippen LogP contribution in [0.5, 0.6) is 0 Å². The summed E-state index contributed by atoms with van der Waals surface area (Å²) in [7, 11) is 0. The van der Waals surface area contributed by atoms with E-state index in [0.29, 0.717) is 29.9 Å². The Labute approximate surface area is 271 Å². The molecule has 4 aliphatic rings. The Balaban J connectivity index is 1.55. The third-order valence-corrected chi connectivity index (χ3v) is 11.7. The van der Waals surface area contributed by atoms with E-state index in [-0.39, 0.29) is 35.7 Å². The molecule has 2 fully saturated rings. The zero-order valence-corrected chi connectivity index (χ0v) is 28.4. The lowest BCUT2D eigenvalue weighted by Gasteiger charge is -2.49. The van der Waals surface area contributed by atoms with Gasteiger partial charge in [-0.2, -0.15) is 0 Å². The van der Waals surface area contributed by atoms with Crippen molar-refractivity contribution in [1.82, 2.24) is 5.16 Å². The standard InChI is InChI=1S/C36H51NO9/c1-8-11-12-13-14-15-26(39)45-35-18-21(5)34-17-20(4)31(44-32(42)27-24(9-2)37-46-25(27)10-3)36(34,43)29(40)22(19-38)16-23(30(34)41)28(35)33(35,6)7/h16-17,21,23,28-29,31,38,40,43H,8-15,18-19H2,1-7H3/t21?,23-,28+,29+,31-,34?,35-,36-/m0/s1. The van der Waals surface area contributed by atoms with Crippen molar-refractivity contribution in [2.24, 2.45) is 28.6 Å². The smallest absolute Gasteiger partial charge is 0.344 e. The second-order valence-corrected chi connectivity index (χ2v) is 14.5. The van der Waals surface area contributed by atoms with Crippen molar-refractivity contribution in [1.29, 1.82) is 0 Å². The van der Waals surface area contributed by atoms with Gasteiger partial charge in [-0.1, -0.05) is 84.5 Å². The Morgan fingerprint density at radius 1 is 1.11 bits per heavy atom. The summed E-state index contributed by atoms with van der Waals surface area (Å²) in [4.78, 5) is 42.0. The van der Waals surface area contributed by atoms with Crippen LogP contribution in [-0.2, 0) is 31.9 Å². The van der Waals surface area contributed by atoms with Crippen LogP contribution in [0.3, 0.4) is 0 Å². The van der Waals surface area contributed by atoms with Gasteiger partial charge in [0.05, 0.1) is 17.7 Å². The van der Waals surface area contributed by atoms with Crippen molar-refractivity contribution in [2.45, 2.75) is 130 Å². The molecule has 4 aliphatic carbocycles. The minimum atomic E-state index is -2.34. The van der Waals surface area contributed by atoms with Crippen LogP contribution >= 0.6 is 0 Å². The number of aliphatic hydroxyl groups excluding tert-OH is 2. The van der Waals surface area contributed by atoms with E-state index < -0.39 is 64.6 Å². The average molecular weight is 642 g/mol. The molecule has 2 unspecified atom stereocenters. The first kappa shape index (κ1) is 34.5. The van der Waals surface area contributed by atoms with E-state index in [0.717, 1.165) is 32.1 Å². The maximum absolute atomic E-state index is 15.0. The number of ether oxygens (including phenoxy) is 2. The van der Waals surface area contributed by atoms with Gasteiger partial charge < -0.3 is 29.3 Å². The number of rotatable bonds is 12. The van der Waals surface area contributed by atoms with Gasteiger partial charge in [-0.3, -0.25) is 9.59 Å². The number of hydrogen-bond acceptors (Lipinski definition) is 10. The highest BCUT2D eigenvalue weighted by Crippen LogP contribution is 2.75. The lowest BCUT2D eigenvalue weighted by molar-refractivity contribution is -0.192. The summed E-state index contributed by atoms with van der Waals surface area (Å²) in [6.45, 7) is 12.6. The Kier molecular flexibility index (Phi) is 9.25. The summed E-state index contributed by atoms with van der Waals surface area (Å²) in [6, 6.07) is 0. The monoisotopic (exact) mass is 641 g/mol. The molecule has 254 valence electrons. The van der Waals surface area contributed by atoms with Gasteiger partial charge >= 0.3 is 11.9 Å². The second-order valence-electron chi connectivity index (χ2n) is 14.5. The van der Waals surface area contributed by atoms with Crippen molar-refractivity contribution < 1.29 is 43.7 Å².